The van der Waals surface area contributed by atoms with Crippen LogP contribution < -0.4 is 5.32 Å². The molecule has 2 fully saturated rings. The maximum atomic E-state index is 13.0. The zero-order valence-corrected chi connectivity index (χ0v) is 17.4. The van der Waals surface area contributed by atoms with Gasteiger partial charge < -0.3 is 15.1 Å². The summed E-state index contributed by atoms with van der Waals surface area (Å²) >= 11 is 0. The largest absolute Gasteiger partial charge is 0.342 e. The molecule has 1 spiro atoms. The summed E-state index contributed by atoms with van der Waals surface area (Å²) in [5.74, 6) is 0.922. The average molecular weight is 394 g/mol. The maximum absolute atomic E-state index is 13.0. The lowest BCUT2D eigenvalue weighted by atomic mass is 9.77. The Kier molecular flexibility index (Phi) is 7.29. The Labute approximate surface area is 168 Å². The number of amides is 2. The van der Waals surface area contributed by atoms with Gasteiger partial charge in [0.25, 0.3) is 0 Å². The van der Waals surface area contributed by atoms with Gasteiger partial charge in [0.1, 0.15) is 6.04 Å². The van der Waals surface area contributed by atoms with Crippen LogP contribution in [-0.4, -0.2) is 54.8 Å². The van der Waals surface area contributed by atoms with E-state index >= 15 is 0 Å². The quantitative estimate of drug-likeness (QED) is 0.836. The molecule has 0 saturated carbocycles. The van der Waals surface area contributed by atoms with Crippen LogP contribution in [0.2, 0.25) is 0 Å². The van der Waals surface area contributed by atoms with Gasteiger partial charge in [0.05, 0.1) is 0 Å². The third kappa shape index (κ3) is 4.82. The van der Waals surface area contributed by atoms with Crippen LogP contribution >= 0.6 is 12.4 Å². The normalized spacial score (nSPS) is 20.1. The van der Waals surface area contributed by atoms with Crippen molar-refractivity contribution < 1.29 is 9.59 Å². The van der Waals surface area contributed by atoms with E-state index in [2.05, 4.69) is 19.2 Å². The van der Waals surface area contributed by atoms with Gasteiger partial charge in [-0.1, -0.05) is 44.2 Å². The number of nitrogens with zero attached hydrogens (tertiary/aromatic N) is 2. The maximum Gasteiger partial charge on any atom is 0.244 e. The molecule has 1 aromatic rings. The van der Waals surface area contributed by atoms with E-state index in [1.807, 2.05) is 47.2 Å². The number of carbonyl (C=O) groups is 2. The highest BCUT2D eigenvalue weighted by Crippen LogP contribution is 2.41. The van der Waals surface area contributed by atoms with Crippen molar-refractivity contribution in [1.82, 2.24) is 15.1 Å². The summed E-state index contributed by atoms with van der Waals surface area (Å²) in [4.78, 5) is 29.4. The Hall–Kier alpha value is -1.59. The molecular formula is C21H32ClN3O2. The third-order valence-corrected chi connectivity index (χ3v) is 5.80. The zero-order valence-electron chi connectivity index (χ0n) is 16.6. The number of piperidine rings is 1. The number of carbonyl (C=O) groups excluding carboxylic acids is 2. The lowest BCUT2D eigenvalue weighted by Crippen LogP contribution is -2.47. The molecule has 0 aliphatic carbocycles. The van der Waals surface area contributed by atoms with Crippen molar-refractivity contribution in [1.29, 1.82) is 0 Å². The highest BCUT2D eigenvalue weighted by atomic mass is 35.5. The highest BCUT2D eigenvalue weighted by Gasteiger charge is 2.45. The summed E-state index contributed by atoms with van der Waals surface area (Å²) in [6.07, 6.45) is 2.49. The van der Waals surface area contributed by atoms with Crippen molar-refractivity contribution in [2.45, 2.75) is 39.2 Å². The summed E-state index contributed by atoms with van der Waals surface area (Å²) in [6.45, 7) is 7.50. The fourth-order valence-corrected chi connectivity index (χ4v) is 4.39. The molecule has 150 valence electrons. The topological polar surface area (TPSA) is 52.7 Å². The van der Waals surface area contributed by atoms with Gasteiger partial charge in [-0.2, -0.15) is 0 Å². The van der Waals surface area contributed by atoms with Crippen LogP contribution in [0.1, 0.15) is 44.7 Å². The van der Waals surface area contributed by atoms with Crippen LogP contribution in [0.15, 0.2) is 30.3 Å². The minimum atomic E-state index is -0.298. The SMILES string of the molecule is CNC(C(=O)N1CCC2(CC1)CC(=O)N(CC(C)C)C2)c1ccccc1.Cl. The monoisotopic (exact) mass is 393 g/mol. The fourth-order valence-electron chi connectivity index (χ4n) is 4.39. The third-order valence-electron chi connectivity index (χ3n) is 5.80. The van der Waals surface area contributed by atoms with Gasteiger partial charge in [0.15, 0.2) is 0 Å². The van der Waals surface area contributed by atoms with Gasteiger partial charge in [-0.15, -0.1) is 12.4 Å². The second-order valence-electron chi connectivity index (χ2n) is 8.30. The van der Waals surface area contributed by atoms with E-state index in [4.69, 9.17) is 0 Å². The molecule has 2 heterocycles. The van der Waals surface area contributed by atoms with Crippen LogP contribution in [0.4, 0.5) is 0 Å². The molecule has 2 aliphatic rings. The first-order valence-corrected chi connectivity index (χ1v) is 9.73. The number of halogens is 1. The first kappa shape index (κ1) is 21.7. The molecule has 1 aromatic carbocycles. The van der Waals surface area contributed by atoms with Crippen LogP contribution in [0.3, 0.4) is 0 Å². The van der Waals surface area contributed by atoms with Gasteiger partial charge in [0.2, 0.25) is 11.8 Å². The number of benzene rings is 1. The minimum absolute atomic E-state index is 0. The van der Waals surface area contributed by atoms with Gasteiger partial charge in [0, 0.05) is 38.0 Å². The van der Waals surface area contributed by atoms with Gasteiger partial charge in [-0.05, 0) is 31.4 Å². The molecule has 0 radical (unpaired) electrons. The molecule has 0 aromatic heterocycles. The van der Waals surface area contributed by atoms with Crippen molar-refractivity contribution in [3.8, 4) is 0 Å². The predicted molar refractivity (Wildman–Crippen MR) is 110 cm³/mol. The molecule has 3 rings (SSSR count). The molecule has 2 amide bonds. The van der Waals surface area contributed by atoms with Crippen LogP contribution in [0, 0.1) is 11.3 Å². The Morgan fingerprint density at radius 2 is 1.81 bits per heavy atom. The second-order valence-corrected chi connectivity index (χ2v) is 8.30. The van der Waals surface area contributed by atoms with Crippen LogP contribution in [0.25, 0.3) is 0 Å². The molecule has 5 nitrogen and oxygen atoms in total. The van der Waals surface area contributed by atoms with E-state index in [0.29, 0.717) is 12.3 Å². The molecular weight excluding hydrogens is 362 g/mol. The Morgan fingerprint density at radius 3 is 2.37 bits per heavy atom. The molecule has 0 bridgehead atoms. The lowest BCUT2D eigenvalue weighted by Gasteiger charge is -2.40. The van der Waals surface area contributed by atoms with E-state index in [0.717, 1.165) is 44.6 Å². The first-order chi connectivity index (χ1) is 12.4. The number of hydrogen-bond donors (Lipinski definition) is 1. The summed E-state index contributed by atoms with van der Waals surface area (Å²) < 4.78 is 0. The molecule has 1 unspecified atom stereocenters. The predicted octanol–water partition coefficient (Wildman–Crippen LogP) is 2.87. The lowest BCUT2D eigenvalue weighted by molar-refractivity contribution is -0.135. The van der Waals surface area contributed by atoms with E-state index in [9.17, 15) is 9.59 Å². The summed E-state index contributed by atoms with van der Waals surface area (Å²) in [5, 5.41) is 3.16. The molecule has 2 aliphatic heterocycles. The van der Waals surface area contributed by atoms with Crippen LogP contribution in [-0.2, 0) is 9.59 Å². The van der Waals surface area contributed by atoms with E-state index in [1.54, 1.807) is 0 Å². The Balaban J connectivity index is 0.00000261. The molecule has 6 heteroatoms. The second kappa shape index (κ2) is 9.07. The van der Waals surface area contributed by atoms with Crippen LogP contribution in [0.5, 0.6) is 0 Å². The first-order valence-electron chi connectivity index (χ1n) is 9.73. The number of likely N-dealkylation sites (N-methyl/N-ethyl adjacent to an activating group) is 1. The van der Waals surface area contributed by atoms with Crippen molar-refractivity contribution in [3.63, 3.8) is 0 Å². The minimum Gasteiger partial charge on any atom is -0.342 e. The van der Waals surface area contributed by atoms with Crippen molar-refractivity contribution >= 4 is 24.2 Å². The Morgan fingerprint density at radius 1 is 1.19 bits per heavy atom. The summed E-state index contributed by atoms with van der Waals surface area (Å²) in [6, 6.07) is 9.57. The van der Waals surface area contributed by atoms with Crippen molar-refractivity contribution in [2.75, 3.05) is 33.2 Å². The van der Waals surface area contributed by atoms with Gasteiger partial charge >= 0.3 is 0 Å². The number of likely N-dealkylation sites (tertiary alicyclic amines) is 2. The average Bonchev–Trinajstić information content (AvgIpc) is 2.91. The van der Waals surface area contributed by atoms with Crippen molar-refractivity contribution in [3.05, 3.63) is 35.9 Å². The number of nitrogens with one attached hydrogen (secondary N) is 1. The summed E-state index contributed by atoms with van der Waals surface area (Å²) in [7, 11) is 1.83. The van der Waals surface area contributed by atoms with Gasteiger partial charge in [-0.3, -0.25) is 9.59 Å². The Bertz CT molecular complexity index is 642. The highest BCUT2D eigenvalue weighted by molar-refractivity contribution is 5.85. The molecule has 2 saturated heterocycles. The van der Waals surface area contributed by atoms with Gasteiger partial charge in [-0.25, -0.2) is 0 Å². The number of hydrogen-bond acceptors (Lipinski definition) is 3. The zero-order chi connectivity index (χ0) is 18.7. The van der Waals surface area contributed by atoms with E-state index in [-0.39, 0.29) is 35.7 Å². The summed E-state index contributed by atoms with van der Waals surface area (Å²) in [5.41, 5.74) is 1.07. The number of rotatable bonds is 5. The standard InChI is InChI=1S/C21H31N3O2.ClH/c1-16(2)14-24-15-21(13-18(24)25)9-11-23(12-10-21)20(26)19(22-3)17-7-5-4-6-8-17;/h4-8,16,19,22H,9-15H2,1-3H3;1H. The molecule has 1 N–H and O–H groups in total. The molecule has 27 heavy (non-hydrogen) atoms. The van der Waals surface area contributed by atoms with E-state index in [1.165, 1.54) is 0 Å². The van der Waals surface area contributed by atoms with E-state index < -0.39 is 0 Å². The molecule has 1 atom stereocenters. The van der Waals surface area contributed by atoms with Crippen molar-refractivity contribution in [2.24, 2.45) is 11.3 Å². The smallest absolute Gasteiger partial charge is 0.244 e. The fraction of sp³-hybridized carbons (Fsp3) is 0.619.